The number of aromatic nitrogens is 1. The first-order valence-electron chi connectivity index (χ1n) is 4.11. The second-order valence-electron chi connectivity index (χ2n) is 2.78. The van der Waals surface area contributed by atoms with E-state index in [4.69, 9.17) is 4.74 Å². The maximum Gasteiger partial charge on any atom is 0.0964 e. The van der Waals surface area contributed by atoms with Crippen molar-refractivity contribution >= 4 is 0 Å². The highest BCUT2D eigenvalue weighted by atomic mass is 16.5. The number of rotatable bonds is 1. The normalized spacial score (nSPS) is 23.8. The van der Waals surface area contributed by atoms with E-state index in [2.05, 4.69) is 16.5 Å². The van der Waals surface area contributed by atoms with Gasteiger partial charge in [0.15, 0.2) is 0 Å². The SMILES string of the molecule is [c]1ccc(C2CNCCO2)cn1. The van der Waals surface area contributed by atoms with Gasteiger partial charge in [0, 0.05) is 24.8 Å². The molecule has 63 valence electrons. The van der Waals surface area contributed by atoms with Gasteiger partial charge in [-0.25, -0.2) is 0 Å². The lowest BCUT2D eigenvalue weighted by atomic mass is 10.1. The molecule has 1 aromatic rings. The number of hydrogen-bond acceptors (Lipinski definition) is 3. The summed E-state index contributed by atoms with van der Waals surface area (Å²) in [5, 5.41) is 3.27. The average Bonchev–Trinajstić information content (AvgIpc) is 2.21. The summed E-state index contributed by atoms with van der Waals surface area (Å²) < 4.78 is 5.55. The van der Waals surface area contributed by atoms with E-state index in [0.29, 0.717) is 0 Å². The molecule has 1 aliphatic heterocycles. The molecule has 1 aliphatic rings. The number of pyridine rings is 1. The van der Waals surface area contributed by atoms with Crippen molar-refractivity contribution in [2.24, 2.45) is 0 Å². The number of nitrogens with zero attached hydrogens (tertiary/aromatic N) is 1. The van der Waals surface area contributed by atoms with Crippen LogP contribution in [0.15, 0.2) is 18.3 Å². The Bertz CT molecular complexity index is 232. The van der Waals surface area contributed by atoms with Crippen LogP contribution in [0.1, 0.15) is 11.7 Å². The Labute approximate surface area is 71.8 Å². The van der Waals surface area contributed by atoms with E-state index >= 15 is 0 Å². The fraction of sp³-hybridized carbons (Fsp3) is 0.444. The van der Waals surface area contributed by atoms with Crippen molar-refractivity contribution in [2.75, 3.05) is 19.7 Å². The van der Waals surface area contributed by atoms with Crippen LogP contribution >= 0.6 is 0 Å². The van der Waals surface area contributed by atoms with Crippen molar-refractivity contribution < 1.29 is 4.74 Å². The van der Waals surface area contributed by atoms with Crippen molar-refractivity contribution in [3.63, 3.8) is 0 Å². The summed E-state index contributed by atoms with van der Waals surface area (Å²) in [4.78, 5) is 3.93. The highest BCUT2D eigenvalue weighted by molar-refractivity contribution is 5.12. The highest BCUT2D eigenvalue weighted by Gasteiger charge is 2.14. The Morgan fingerprint density at radius 2 is 2.67 bits per heavy atom. The molecule has 0 aromatic carbocycles. The first kappa shape index (κ1) is 7.71. The lowest BCUT2D eigenvalue weighted by molar-refractivity contribution is 0.0275. The van der Waals surface area contributed by atoms with Gasteiger partial charge in [0.2, 0.25) is 0 Å². The molecular formula is C9H11N2O. The molecule has 0 bridgehead atoms. The van der Waals surface area contributed by atoms with Gasteiger partial charge >= 0.3 is 0 Å². The Kier molecular flexibility index (Phi) is 2.34. The molecule has 1 N–H and O–H groups in total. The quantitative estimate of drug-likeness (QED) is 0.656. The summed E-state index contributed by atoms with van der Waals surface area (Å²) in [6.07, 6.45) is 4.72. The maximum absolute atomic E-state index is 5.55. The minimum Gasteiger partial charge on any atom is -0.371 e. The Balaban J connectivity index is 2.08. The molecule has 1 atom stereocenters. The van der Waals surface area contributed by atoms with E-state index in [1.54, 1.807) is 6.20 Å². The zero-order valence-electron chi connectivity index (χ0n) is 6.79. The molecule has 1 unspecified atom stereocenters. The predicted octanol–water partition coefficient (Wildman–Crippen LogP) is 0.543. The first-order valence-corrected chi connectivity index (χ1v) is 4.11. The molecule has 0 aliphatic carbocycles. The summed E-state index contributed by atoms with van der Waals surface area (Å²) in [5.41, 5.74) is 1.13. The van der Waals surface area contributed by atoms with Crippen LogP contribution in [-0.2, 0) is 4.74 Å². The van der Waals surface area contributed by atoms with Gasteiger partial charge in [-0.1, -0.05) is 6.07 Å². The second kappa shape index (κ2) is 3.65. The van der Waals surface area contributed by atoms with Crippen LogP contribution in [0.4, 0.5) is 0 Å². The third kappa shape index (κ3) is 1.62. The molecule has 1 radical (unpaired) electrons. The molecule has 1 saturated heterocycles. The molecule has 3 heteroatoms. The lowest BCUT2D eigenvalue weighted by Gasteiger charge is -2.23. The highest BCUT2D eigenvalue weighted by Crippen LogP contribution is 2.16. The fourth-order valence-corrected chi connectivity index (χ4v) is 1.30. The summed E-state index contributed by atoms with van der Waals surface area (Å²) in [6.45, 7) is 2.61. The van der Waals surface area contributed by atoms with E-state index in [1.807, 2.05) is 12.1 Å². The van der Waals surface area contributed by atoms with E-state index in [9.17, 15) is 0 Å². The van der Waals surface area contributed by atoms with Crippen molar-refractivity contribution in [1.82, 2.24) is 10.3 Å². The van der Waals surface area contributed by atoms with Crippen LogP contribution in [0, 0.1) is 6.20 Å². The minimum absolute atomic E-state index is 0.167. The van der Waals surface area contributed by atoms with Crippen LogP contribution in [0.25, 0.3) is 0 Å². The summed E-state index contributed by atoms with van der Waals surface area (Å²) in [5.74, 6) is 0. The van der Waals surface area contributed by atoms with Gasteiger partial charge in [-0.15, -0.1) is 0 Å². The number of nitrogens with one attached hydrogen (secondary N) is 1. The molecule has 0 saturated carbocycles. The summed E-state index contributed by atoms with van der Waals surface area (Å²) in [7, 11) is 0. The van der Waals surface area contributed by atoms with Gasteiger partial charge in [-0.2, -0.15) is 0 Å². The van der Waals surface area contributed by atoms with E-state index in [0.717, 1.165) is 25.3 Å². The van der Waals surface area contributed by atoms with Crippen molar-refractivity contribution in [3.05, 3.63) is 30.1 Å². The van der Waals surface area contributed by atoms with Crippen molar-refractivity contribution in [3.8, 4) is 0 Å². The first-order chi connectivity index (χ1) is 5.97. The second-order valence-corrected chi connectivity index (χ2v) is 2.78. The fourth-order valence-electron chi connectivity index (χ4n) is 1.30. The van der Waals surface area contributed by atoms with Crippen LogP contribution in [0.2, 0.25) is 0 Å². The molecular weight excluding hydrogens is 152 g/mol. The van der Waals surface area contributed by atoms with Gasteiger partial charge in [0.1, 0.15) is 0 Å². The third-order valence-corrected chi connectivity index (χ3v) is 1.94. The van der Waals surface area contributed by atoms with Gasteiger partial charge in [0.05, 0.1) is 18.9 Å². The van der Waals surface area contributed by atoms with E-state index < -0.39 is 0 Å². The molecule has 1 aromatic heterocycles. The zero-order valence-corrected chi connectivity index (χ0v) is 6.79. The summed E-state index contributed by atoms with van der Waals surface area (Å²) >= 11 is 0. The summed E-state index contributed by atoms with van der Waals surface area (Å²) in [6, 6.07) is 3.80. The zero-order chi connectivity index (χ0) is 8.23. The van der Waals surface area contributed by atoms with E-state index in [1.165, 1.54) is 0 Å². The van der Waals surface area contributed by atoms with Crippen molar-refractivity contribution in [2.45, 2.75) is 6.10 Å². The molecule has 3 nitrogen and oxygen atoms in total. The van der Waals surface area contributed by atoms with Crippen molar-refractivity contribution in [1.29, 1.82) is 0 Å². The predicted molar refractivity (Wildman–Crippen MR) is 44.6 cm³/mol. The van der Waals surface area contributed by atoms with Gasteiger partial charge in [0.25, 0.3) is 0 Å². The standard InChI is InChI=1S/C9H11N2O/c1-2-8(6-10-3-1)9-7-11-4-5-12-9/h1-2,6,9,11H,4-5,7H2. The molecule has 2 heterocycles. The smallest absolute Gasteiger partial charge is 0.0964 e. The van der Waals surface area contributed by atoms with Crippen LogP contribution in [0.5, 0.6) is 0 Å². The Morgan fingerprint density at radius 1 is 1.67 bits per heavy atom. The molecule has 0 amide bonds. The number of morpholine rings is 1. The maximum atomic E-state index is 5.55. The van der Waals surface area contributed by atoms with E-state index in [-0.39, 0.29) is 6.10 Å². The average molecular weight is 163 g/mol. The number of hydrogen-bond donors (Lipinski definition) is 1. The largest absolute Gasteiger partial charge is 0.371 e. The monoisotopic (exact) mass is 163 g/mol. The topological polar surface area (TPSA) is 34.1 Å². The van der Waals surface area contributed by atoms with Crippen LogP contribution in [0.3, 0.4) is 0 Å². The van der Waals surface area contributed by atoms with Crippen LogP contribution in [-0.4, -0.2) is 24.7 Å². The Morgan fingerprint density at radius 3 is 3.33 bits per heavy atom. The molecule has 2 rings (SSSR count). The third-order valence-electron chi connectivity index (χ3n) is 1.94. The van der Waals surface area contributed by atoms with Gasteiger partial charge in [-0.3, -0.25) is 4.98 Å². The number of ether oxygens (including phenoxy) is 1. The molecule has 12 heavy (non-hydrogen) atoms. The van der Waals surface area contributed by atoms with Gasteiger partial charge < -0.3 is 10.1 Å². The molecule has 0 spiro atoms. The van der Waals surface area contributed by atoms with Crippen LogP contribution < -0.4 is 5.32 Å². The van der Waals surface area contributed by atoms with Gasteiger partial charge in [-0.05, 0) is 6.07 Å². The lowest BCUT2D eigenvalue weighted by Crippen LogP contribution is -2.33. The Hall–Kier alpha value is -0.930. The minimum atomic E-state index is 0.167. The molecule has 1 fully saturated rings.